The average molecular weight is 535 g/mol. The van der Waals surface area contributed by atoms with Gasteiger partial charge in [-0.05, 0) is 39.9 Å². The topological polar surface area (TPSA) is 103 Å². The number of esters is 1. The second kappa shape index (κ2) is 13.0. The summed E-state index contributed by atoms with van der Waals surface area (Å²) in [4.78, 5) is 36.8. The molecule has 3 aromatic rings. The molecule has 0 spiro atoms. The molecular formula is C29H30N2O6S. The lowest BCUT2D eigenvalue weighted by Gasteiger charge is -2.19. The van der Waals surface area contributed by atoms with E-state index in [0.717, 1.165) is 27.8 Å². The maximum atomic E-state index is 12.9. The molecule has 8 nitrogen and oxygen atoms in total. The second-order valence-electron chi connectivity index (χ2n) is 8.73. The first-order valence-corrected chi connectivity index (χ1v) is 13.3. The highest BCUT2D eigenvalue weighted by Crippen LogP contribution is 2.44. The number of alkyl carbamates (subject to hydrolysis) is 1. The summed E-state index contributed by atoms with van der Waals surface area (Å²) in [7, 11) is 1.58. The average Bonchev–Trinajstić information content (AvgIpc) is 3.26. The Morgan fingerprint density at radius 3 is 2.13 bits per heavy atom. The van der Waals surface area contributed by atoms with Gasteiger partial charge in [-0.15, -0.1) is 11.8 Å². The van der Waals surface area contributed by atoms with Crippen molar-refractivity contribution in [2.75, 3.05) is 25.3 Å². The third kappa shape index (κ3) is 6.86. The lowest BCUT2D eigenvalue weighted by Crippen LogP contribution is -2.44. The number of thioether (sulfide) groups is 1. The summed E-state index contributed by atoms with van der Waals surface area (Å²) in [6.07, 6.45) is -0.710. The highest BCUT2D eigenvalue weighted by Gasteiger charge is 2.30. The van der Waals surface area contributed by atoms with Gasteiger partial charge in [-0.2, -0.15) is 0 Å². The number of rotatable bonds is 11. The first-order valence-electron chi connectivity index (χ1n) is 12.2. The molecule has 0 fully saturated rings. The summed E-state index contributed by atoms with van der Waals surface area (Å²) < 4.78 is 16.2. The van der Waals surface area contributed by atoms with Crippen LogP contribution in [-0.4, -0.2) is 49.4 Å². The van der Waals surface area contributed by atoms with E-state index >= 15 is 0 Å². The van der Waals surface area contributed by atoms with E-state index in [2.05, 4.69) is 22.8 Å². The molecule has 1 atom stereocenters. The van der Waals surface area contributed by atoms with Crippen LogP contribution in [0.25, 0.3) is 11.1 Å². The molecule has 0 saturated carbocycles. The van der Waals surface area contributed by atoms with Gasteiger partial charge in [-0.1, -0.05) is 60.7 Å². The lowest BCUT2D eigenvalue weighted by molar-refractivity contribution is -0.146. The van der Waals surface area contributed by atoms with Gasteiger partial charge in [-0.25, -0.2) is 9.59 Å². The van der Waals surface area contributed by atoms with E-state index in [0.29, 0.717) is 11.6 Å². The summed E-state index contributed by atoms with van der Waals surface area (Å²) >= 11 is 1.29. The van der Waals surface area contributed by atoms with E-state index < -0.39 is 18.1 Å². The van der Waals surface area contributed by atoms with E-state index in [1.165, 1.54) is 18.7 Å². The van der Waals surface area contributed by atoms with Crippen molar-refractivity contribution in [2.45, 2.75) is 25.5 Å². The van der Waals surface area contributed by atoms with Gasteiger partial charge in [-0.3, -0.25) is 4.79 Å². The molecule has 0 radical (unpaired) electrons. The summed E-state index contributed by atoms with van der Waals surface area (Å²) in [6.45, 7) is 1.59. The number of ether oxygens (including phenoxy) is 3. The van der Waals surface area contributed by atoms with Crippen LogP contribution < -0.4 is 15.4 Å². The first-order chi connectivity index (χ1) is 18.5. The van der Waals surface area contributed by atoms with E-state index in [1.807, 2.05) is 36.4 Å². The van der Waals surface area contributed by atoms with Gasteiger partial charge < -0.3 is 24.8 Å². The summed E-state index contributed by atoms with van der Waals surface area (Å²) in [5, 5.41) is 5.30. The Morgan fingerprint density at radius 2 is 1.53 bits per heavy atom. The van der Waals surface area contributed by atoms with Crippen molar-refractivity contribution in [1.82, 2.24) is 10.6 Å². The van der Waals surface area contributed by atoms with Gasteiger partial charge in [0.25, 0.3) is 0 Å². The van der Waals surface area contributed by atoms with Gasteiger partial charge in [0.15, 0.2) is 0 Å². The number of nitrogens with one attached hydrogen (secondary N) is 2. The van der Waals surface area contributed by atoms with Crippen LogP contribution in [0.15, 0.2) is 72.8 Å². The summed E-state index contributed by atoms with van der Waals surface area (Å²) in [5.74, 6) is 0.327. The number of amides is 2. The number of benzene rings is 3. The lowest BCUT2D eigenvalue weighted by atomic mass is 9.98. The zero-order valence-corrected chi connectivity index (χ0v) is 22.1. The van der Waals surface area contributed by atoms with E-state index in [1.54, 1.807) is 31.4 Å². The SMILES string of the molecule is COc1ccc(COC(=O)[C@H](CSCNC(C)=O)NC(=O)OCC2c3ccccc3-c3ccccc32)cc1. The van der Waals surface area contributed by atoms with Crippen LogP contribution in [0.2, 0.25) is 0 Å². The Bertz CT molecular complexity index is 1230. The van der Waals surface area contributed by atoms with E-state index in [9.17, 15) is 14.4 Å². The fourth-order valence-corrected chi connectivity index (χ4v) is 5.14. The number of methoxy groups -OCH3 is 1. The first kappa shape index (κ1) is 27.1. The fourth-order valence-electron chi connectivity index (χ4n) is 4.26. The van der Waals surface area contributed by atoms with Crippen LogP contribution in [0.4, 0.5) is 4.79 Å². The highest BCUT2D eigenvalue weighted by molar-refractivity contribution is 7.99. The van der Waals surface area contributed by atoms with Gasteiger partial charge in [0.1, 0.15) is 25.0 Å². The van der Waals surface area contributed by atoms with E-state index in [4.69, 9.17) is 14.2 Å². The van der Waals surface area contributed by atoms with Crippen LogP contribution in [0, 0.1) is 0 Å². The Morgan fingerprint density at radius 1 is 0.895 bits per heavy atom. The molecular weight excluding hydrogens is 504 g/mol. The molecule has 0 aromatic heterocycles. The monoisotopic (exact) mass is 534 g/mol. The van der Waals surface area contributed by atoms with Crippen molar-refractivity contribution in [3.05, 3.63) is 89.5 Å². The van der Waals surface area contributed by atoms with Crippen LogP contribution in [0.3, 0.4) is 0 Å². The number of hydrogen-bond donors (Lipinski definition) is 2. The van der Waals surface area contributed by atoms with Crippen molar-refractivity contribution < 1.29 is 28.6 Å². The maximum absolute atomic E-state index is 12.9. The fraction of sp³-hybridized carbons (Fsp3) is 0.276. The minimum absolute atomic E-state index is 0.0437. The number of carbonyl (C=O) groups is 3. The Labute approximate surface area is 226 Å². The van der Waals surface area contributed by atoms with Gasteiger partial charge in [0.05, 0.1) is 13.0 Å². The van der Waals surface area contributed by atoms with Crippen molar-refractivity contribution in [1.29, 1.82) is 0 Å². The zero-order valence-electron chi connectivity index (χ0n) is 21.3. The molecule has 1 aliphatic carbocycles. The van der Waals surface area contributed by atoms with Crippen molar-refractivity contribution in [2.24, 2.45) is 0 Å². The molecule has 0 bridgehead atoms. The molecule has 9 heteroatoms. The number of fused-ring (bicyclic) bond motifs is 3. The summed E-state index contributed by atoms with van der Waals surface area (Å²) in [6, 6.07) is 22.3. The Balaban J connectivity index is 1.37. The van der Waals surface area contributed by atoms with E-state index in [-0.39, 0.29) is 30.8 Å². The Kier molecular flexibility index (Phi) is 9.26. The third-order valence-electron chi connectivity index (χ3n) is 6.17. The number of hydrogen-bond acceptors (Lipinski definition) is 7. The van der Waals surface area contributed by atoms with Crippen molar-refractivity contribution in [3.8, 4) is 16.9 Å². The smallest absolute Gasteiger partial charge is 0.407 e. The summed E-state index contributed by atoms with van der Waals surface area (Å²) in [5.41, 5.74) is 5.24. The van der Waals surface area contributed by atoms with Crippen LogP contribution in [0.1, 0.15) is 29.5 Å². The van der Waals surface area contributed by atoms with Crippen molar-refractivity contribution >= 4 is 29.7 Å². The minimum Gasteiger partial charge on any atom is -0.497 e. The van der Waals surface area contributed by atoms with Crippen LogP contribution in [-0.2, 0) is 25.7 Å². The van der Waals surface area contributed by atoms with Crippen molar-refractivity contribution in [3.63, 3.8) is 0 Å². The molecule has 3 aromatic carbocycles. The second-order valence-corrected chi connectivity index (χ2v) is 9.76. The standard InChI is InChI=1S/C29H30N2O6S/c1-19(32)30-18-38-17-27(28(33)36-15-20-11-13-21(35-2)14-12-20)31-29(34)37-16-26-24-9-5-3-7-22(24)23-8-4-6-10-25(23)26/h3-14,26-27H,15-18H2,1-2H3,(H,30,32)(H,31,34)/t27-/m0/s1. The van der Waals surface area contributed by atoms with Crippen LogP contribution >= 0.6 is 11.8 Å². The highest BCUT2D eigenvalue weighted by atomic mass is 32.2. The Hall–Kier alpha value is -3.98. The molecule has 0 saturated heterocycles. The normalized spacial score (nSPS) is 12.6. The predicted molar refractivity (Wildman–Crippen MR) is 146 cm³/mol. The molecule has 2 N–H and O–H groups in total. The molecule has 4 rings (SSSR count). The number of carbonyl (C=O) groups excluding carboxylic acids is 3. The van der Waals surface area contributed by atoms with Gasteiger partial charge in [0, 0.05) is 18.6 Å². The quantitative estimate of drug-likeness (QED) is 0.213. The predicted octanol–water partition coefficient (Wildman–Crippen LogP) is 4.47. The molecule has 2 amide bonds. The molecule has 0 unspecified atom stereocenters. The maximum Gasteiger partial charge on any atom is 0.407 e. The molecule has 0 aliphatic heterocycles. The molecule has 38 heavy (non-hydrogen) atoms. The van der Waals surface area contributed by atoms with Crippen LogP contribution in [0.5, 0.6) is 5.75 Å². The minimum atomic E-state index is -0.956. The van der Waals surface area contributed by atoms with Gasteiger partial charge in [0.2, 0.25) is 5.91 Å². The largest absolute Gasteiger partial charge is 0.497 e. The molecule has 1 aliphatic rings. The molecule has 0 heterocycles. The molecule has 198 valence electrons. The zero-order chi connectivity index (χ0) is 26.9. The van der Waals surface area contributed by atoms with Gasteiger partial charge >= 0.3 is 12.1 Å². The third-order valence-corrected chi connectivity index (χ3v) is 7.09.